The van der Waals surface area contributed by atoms with Gasteiger partial charge in [-0.3, -0.25) is 4.79 Å². The molecule has 3 heterocycles. The Labute approximate surface area is 165 Å². The van der Waals surface area contributed by atoms with Crippen molar-refractivity contribution in [2.75, 3.05) is 13.1 Å². The highest BCUT2D eigenvalue weighted by Gasteiger charge is 2.36. The molecule has 1 unspecified atom stereocenters. The van der Waals surface area contributed by atoms with E-state index in [0.717, 1.165) is 37.6 Å². The van der Waals surface area contributed by atoms with Gasteiger partial charge in [0, 0.05) is 42.5 Å². The molecular formula is C21H21F2N3O3. The number of fused-ring (bicyclic) bond motifs is 2. The molecule has 2 fully saturated rings. The first-order valence-electron chi connectivity index (χ1n) is 9.86. The number of carboxylic acids is 1. The standard InChI is InChI=1S/C21H21F2N3O3/c1-10-4-5-24-26-8-11(6-16(10)26)17-15(22)7-13-19(18(17)23)25(12-2-3-12)9-14(20(13)27)21(28)29/h7,9,11-12,24H,2-6,8H2,1H3,(H,28,29). The molecule has 1 aliphatic carbocycles. The second-order valence-corrected chi connectivity index (χ2v) is 8.19. The maximum Gasteiger partial charge on any atom is 0.341 e. The number of aromatic nitrogens is 1. The highest BCUT2D eigenvalue weighted by atomic mass is 19.1. The van der Waals surface area contributed by atoms with Gasteiger partial charge in [-0.05, 0) is 38.7 Å². The van der Waals surface area contributed by atoms with Crippen molar-refractivity contribution in [3.63, 3.8) is 0 Å². The van der Waals surface area contributed by atoms with Crippen LogP contribution < -0.4 is 10.9 Å². The van der Waals surface area contributed by atoms with Crippen LogP contribution in [0.4, 0.5) is 8.78 Å². The fraction of sp³-hybridized carbons (Fsp3) is 0.429. The number of carbonyl (C=O) groups is 1. The number of allylic oxidation sites excluding steroid dienone is 1. The molecule has 1 aromatic carbocycles. The second kappa shape index (κ2) is 6.38. The van der Waals surface area contributed by atoms with Crippen molar-refractivity contribution >= 4 is 16.9 Å². The minimum Gasteiger partial charge on any atom is -0.477 e. The van der Waals surface area contributed by atoms with Crippen LogP contribution >= 0.6 is 0 Å². The van der Waals surface area contributed by atoms with Gasteiger partial charge in [0.15, 0.2) is 5.82 Å². The first-order chi connectivity index (χ1) is 13.9. The SMILES string of the molecule is CC1=C2CC(c3c(F)cc4c(=O)c(C(=O)O)cn(C5CC5)c4c3F)CN2NCC1. The number of hydrogen-bond donors (Lipinski definition) is 2. The fourth-order valence-corrected chi connectivity index (χ4v) is 4.64. The molecule has 29 heavy (non-hydrogen) atoms. The number of pyridine rings is 1. The van der Waals surface area contributed by atoms with Gasteiger partial charge >= 0.3 is 5.97 Å². The molecule has 3 aliphatic rings. The number of hydrazine groups is 1. The molecule has 6 nitrogen and oxygen atoms in total. The van der Waals surface area contributed by atoms with Crippen molar-refractivity contribution in [3.05, 3.63) is 56.5 Å². The molecular weight excluding hydrogens is 380 g/mol. The maximum absolute atomic E-state index is 15.7. The van der Waals surface area contributed by atoms with Crippen LogP contribution in [-0.4, -0.2) is 33.7 Å². The number of carboxylic acid groups (broad SMARTS) is 1. The summed E-state index contributed by atoms with van der Waals surface area (Å²) < 4.78 is 32.3. The topological polar surface area (TPSA) is 74.6 Å². The van der Waals surface area contributed by atoms with Crippen LogP contribution in [0.1, 0.15) is 60.5 Å². The summed E-state index contributed by atoms with van der Waals surface area (Å²) in [6.07, 6.45) is 4.19. The Hall–Kier alpha value is -2.74. The zero-order chi connectivity index (χ0) is 20.4. The zero-order valence-electron chi connectivity index (χ0n) is 16.0. The van der Waals surface area contributed by atoms with Crippen LogP contribution in [-0.2, 0) is 0 Å². The van der Waals surface area contributed by atoms with Crippen LogP contribution in [0.15, 0.2) is 28.3 Å². The van der Waals surface area contributed by atoms with Crippen LogP contribution in [0.25, 0.3) is 10.9 Å². The van der Waals surface area contributed by atoms with Crippen molar-refractivity contribution in [1.29, 1.82) is 0 Å². The van der Waals surface area contributed by atoms with Gasteiger partial charge in [-0.25, -0.2) is 19.0 Å². The molecule has 1 atom stereocenters. The molecule has 1 aromatic heterocycles. The molecule has 1 saturated carbocycles. The maximum atomic E-state index is 15.7. The molecule has 1 saturated heterocycles. The molecule has 0 bridgehead atoms. The molecule has 0 radical (unpaired) electrons. The Morgan fingerprint density at radius 1 is 1.31 bits per heavy atom. The molecule has 152 valence electrons. The van der Waals surface area contributed by atoms with E-state index >= 15 is 8.78 Å². The third-order valence-corrected chi connectivity index (χ3v) is 6.29. The Bertz CT molecular complexity index is 1150. The monoisotopic (exact) mass is 401 g/mol. The Morgan fingerprint density at radius 2 is 2.07 bits per heavy atom. The summed E-state index contributed by atoms with van der Waals surface area (Å²) in [6.45, 7) is 3.29. The van der Waals surface area contributed by atoms with E-state index in [-0.39, 0.29) is 28.4 Å². The lowest BCUT2D eigenvalue weighted by Crippen LogP contribution is -2.39. The van der Waals surface area contributed by atoms with E-state index in [9.17, 15) is 14.7 Å². The molecule has 8 heteroatoms. The van der Waals surface area contributed by atoms with Crippen LogP contribution in [0.5, 0.6) is 0 Å². The lowest BCUT2D eigenvalue weighted by molar-refractivity contribution is 0.0694. The highest BCUT2D eigenvalue weighted by Crippen LogP contribution is 2.42. The molecule has 0 spiro atoms. The van der Waals surface area contributed by atoms with Gasteiger partial charge in [0.1, 0.15) is 11.4 Å². The van der Waals surface area contributed by atoms with Gasteiger partial charge in [0.2, 0.25) is 5.43 Å². The van der Waals surface area contributed by atoms with E-state index < -0.39 is 28.6 Å². The molecule has 2 aliphatic heterocycles. The number of nitrogens with zero attached hydrogens (tertiary/aromatic N) is 2. The largest absolute Gasteiger partial charge is 0.477 e. The van der Waals surface area contributed by atoms with Gasteiger partial charge in [-0.15, -0.1) is 0 Å². The zero-order valence-corrected chi connectivity index (χ0v) is 16.0. The third-order valence-electron chi connectivity index (χ3n) is 6.29. The van der Waals surface area contributed by atoms with Crippen LogP contribution in [0.3, 0.4) is 0 Å². The first-order valence-corrected chi connectivity index (χ1v) is 9.86. The average molecular weight is 401 g/mol. The minimum atomic E-state index is -1.39. The quantitative estimate of drug-likeness (QED) is 0.826. The predicted octanol–water partition coefficient (Wildman–Crippen LogP) is 3.28. The number of aromatic carboxylic acids is 1. The van der Waals surface area contributed by atoms with E-state index in [2.05, 4.69) is 5.43 Å². The van der Waals surface area contributed by atoms with Gasteiger partial charge < -0.3 is 14.7 Å². The number of rotatable bonds is 3. The van der Waals surface area contributed by atoms with Crippen molar-refractivity contribution in [2.45, 2.75) is 44.6 Å². The number of halogens is 2. The lowest BCUT2D eigenvalue weighted by atomic mass is 9.93. The molecule has 5 rings (SSSR count). The summed E-state index contributed by atoms with van der Waals surface area (Å²) in [6, 6.07) is 0.957. The van der Waals surface area contributed by atoms with Crippen molar-refractivity contribution in [3.8, 4) is 0 Å². The van der Waals surface area contributed by atoms with E-state index in [4.69, 9.17) is 0 Å². The van der Waals surface area contributed by atoms with Gasteiger partial charge in [0.05, 0.1) is 10.9 Å². The fourth-order valence-electron chi connectivity index (χ4n) is 4.64. The predicted molar refractivity (Wildman–Crippen MR) is 103 cm³/mol. The number of benzene rings is 1. The summed E-state index contributed by atoms with van der Waals surface area (Å²) in [5.41, 5.74) is 4.24. The number of nitrogens with one attached hydrogen (secondary N) is 1. The van der Waals surface area contributed by atoms with Crippen molar-refractivity contribution in [1.82, 2.24) is 15.0 Å². The first kappa shape index (κ1) is 18.3. The van der Waals surface area contributed by atoms with Crippen LogP contribution in [0, 0.1) is 11.6 Å². The number of hydrogen-bond acceptors (Lipinski definition) is 4. The normalized spacial score (nSPS) is 21.8. The molecule has 0 amide bonds. The minimum absolute atomic E-state index is 0.0161. The van der Waals surface area contributed by atoms with E-state index in [1.54, 1.807) is 0 Å². The summed E-state index contributed by atoms with van der Waals surface area (Å²) in [4.78, 5) is 24.1. The van der Waals surface area contributed by atoms with Gasteiger partial charge in [0.25, 0.3) is 0 Å². The Balaban J connectivity index is 1.72. The van der Waals surface area contributed by atoms with Crippen LogP contribution in [0.2, 0.25) is 0 Å². The van der Waals surface area contributed by atoms with Crippen molar-refractivity contribution < 1.29 is 18.7 Å². The Kier molecular flexibility index (Phi) is 4.03. The average Bonchev–Trinajstić information content (AvgIpc) is 3.42. The second-order valence-electron chi connectivity index (χ2n) is 8.19. The van der Waals surface area contributed by atoms with E-state index in [1.165, 1.54) is 16.3 Å². The van der Waals surface area contributed by atoms with Gasteiger partial charge in [-0.2, -0.15) is 0 Å². The third kappa shape index (κ3) is 2.77. The van der Waals surface area contributed by atoms with Gasteiger partial charge in [-0.1, -0.05) is 5.57 Å². The Morgan fingerprint density at radius 3 is 2.72 bits per heavy atom. The summed E-state index contributed by atoms with van der Waals surface area (Å²) in [7, 11) is 0. The van der Waals surface area contributed by atoms with E-state index in [0.29, 0.717) is 13.0 Å². The van der Waals surface area contributed by atoms with E-state index in [1.807, 2.05) is 11.9 Å². The summed E-state index contributed by atoms with van der Waals surface area (Å²) in [5.74, 6) is -3.31. The summed E-state index contributed by atoms with van der Waals surface area (Å²) in [5, 5.41) is 11.1. The molecule has 2 N–H and O–H groups in total. The smallest absolute Gasteiger partial charge is 0.341 e. The highest BCUT2D eigenvalue weighted by molar-refractivity contribution is 5.93. The van der Waals surface area contributed by atoms with Crippen molar-refractivity contribution in [2.24, 2.45) is 0 Å². The lowest BCUT2D eigenvalue weighted by Gasteiger charge is -2.28. The summed E-state index contributed by atoms with van der Waals surface area (Å²) >= 11 is 0. The molecule has 2 aromatic rings.